The number of rotatable bonds is 12. The standard InChI is InChI=1S/C26H32N2O6/c1-3-33-18(14-25(30)31)15-27-24(29)13-12-17(2)28-26(32)34-16-23-21-10-6-4-8-19(21)20-9-5-7-11-22(20)23/h4-11,17-18,23H,3,12-16H2,1-2H3,(H,27,29)(H,28,32)(H,30,31). The quantitative estimate of drug-likeness (QED) is 0.438. The number of aliphatic carboxylic acids is 1. The highest BCUT2D eigenvalue weighted by molar-refractivity contribution is 5.79. The molecular formula is C26H32N2O6. The number of nitrogens with one attached hydrogen (secondary N) is 2. The first-order valence-corrected chi connectivity index (χ1v) is 11.6. The van der Waals surface area contributed by atoms with Gasteiger partial charge in [-0.05, 0) is 42.5 Å². The van der Waals surface area contributed by atoms with Crippen molar-refractivity contribution in [2.45, 2.75) is 51.2 Å². The zero-order chi connectivity index (χ0) is 24.5. The molecule has 0 aliphatic heterocycles. The van der Waals surface area contributed by atoms with Crippen LogP contribution in [0.2, 0.25) is 0 Å². The molecule has 2 amide bonds. The summed E-state index contributed by atoms with van der Waals surface area (Å²) < 4.78 is 10.9. The Labute approximate surface area is 199 Å². The molecule has 0 fully saturated rings. The first kappa shape index (κ1) is 25.2. The van der Waals surface area contributed by atoms with Crippen molar-refractivity contribution in [3.05, 3.63) is 59.7 Å². The minimum absolute atomic E-state index is 0.0108. The van der Waals surface area contributed by atoms with Crippen molar-refractivity contribution in [2.24, 2.45) is 0 Å². The summed E-state index contributed by atoms with van der Waals surface area (Å²) in [4.78, 5) is 35.3. The third-order valence-electron chi connectivity index (χ3n) is 5.84. The first-order valence-electron chi connectivity index (χ1n) is 11.6. The molecule has 0 spiro atoms. The molecule has 8 nitrogen and oxygen atoms in total. The van der Waals surface area contributed by atoms with E-state index in [1.165, 1.54) is 11.1 Å². The summed E-state index contributed by atoms with van der Waals surface area (Å²) in [5.74, 6) is -1.21. The minimum Gasteiger partial charge on any atom is -0.481 e. The molecule has 0 heterocycles. The van der Waals surface area contributed by atoms with E-state index in [4.69, 9.17) is 14.6 Å². The third kappa shape index (κ3) is 6.81. The Hall–Kier alpha value is -3.39. The maximum absolute atomic E-state index is 12.4. The van der Waals surface area contributed by atoms with Crippen LogP contribution in [-0.2, 0) is 19.1 Å². The second-order valence-corrected chi connectivity index (χ2v) is 8.39. The number of hydrogen-bond acceptors (Lipinski definition) is 5. The fourth-order valence-corrected chi connectivity index (χ4v) is 4.20. The van der Waals surface area contributed by atoms with Gasteiger partial charge in [-0.1, -0.05) is 48.5 Å². The van der Waals surface area contributed by atoms with Crippen LogP contribution in [0.3, 0.4) is 0 Å². The van der Waals surface area contributed by atoms with E-state index in [-0.39, 0.29) is 43.9 Å². The molecule has 2 aromatic rings. The fraction of sp³-hybridized carbons (Fsp3) is 0.423. The molecule has 0 aromatic heterocycles. The van der Waals surface area contributed by atoms with Crippen LogP contribution in [0.15, 0.2) is 48.5 Å². The Balaban J connectivity index is 1.42. The molecule has 0 radical (unpaired) electrons. The van der Waals surface area contributed by atoms with E-state index in [0.717, 1.165) is 11.1 Å². The van der Waals surface area contributed by atoms with Gasteiger partial charge in [0.2, 0.25) is 5.91 Å². The lowest BCUT2D eigenvalue weighted by molar-refractivity contribution is -0.140. The number of carbonyl (C=O) groups excluding carboxylic acids is 2. The number of alkyl carbamates (subject to hydrolysis) is 1. The van der Waals surface area contributed by atoms with Gasteiger partial charge in [0.1, 0.15) is 6.61 Å². The van der Waals surface area contributed by atoms with Crippen LogP contribution in [0, 0.1) is 0 Å². The van der Waals surface area contributed by atoms with Gasteiger partial charge in [-0.15, -0.1) is 0 Å². The first-order chi connectivity index (χ1) is 16.4. The lowest BCUT2D eigenvalue weighted by atomic mass is 9.98. The van der Waals surface area contributed by atoms with Gasteiger partial charge in [0.05, 0.1) is 12.5 Å². The van der Waals surface area contributed by atoms with Gasteiger partial charge >= 0.3 is 12.1 Å². The smallest absolute Gasteiger partial charge is 0.407 e. The van der Waals surface area contributed by atoms with Crippen LogP contribution >= 0.6 is 0 Å². The molecular weight excluding hydrogens is 436 g/mol. The average Bonchev–Trinajstić information content (AvgIpc) is 3.13. The number of carboxylic acids is 1. The maximum atomic E-state index is 12.4. The van der Waals surface area contributed by atoms with Gasteiger partial charge in [0.15, 0.2) is 0 Å². The van der Waals surface area contributed by atoms with Gasteiger partial charge in [-0.25, -0.2) is 4.79 Å². The van der Waals surface area contributed by atoms with E-state index in [9.17, 15) is 14.4 Å². The third-order valence-corrected chi connectivity index (χ3v) is 5.84. The molecule has 3 rings (SSSR count). The second kappa shape index (κ2) is 12.2. The van der Waals surface area contributed by atoms with Crippen molar-refractivity contribution in [3.8, 4) is 11.1 Å². The largest absolute Gasteiger partial charge is 0.481 e. The van der Waals surface area contributed by atoms with Crippen molar-refractivity contribution < 1.29 is 29.0 Å². The van der Waals surface area contributed by atoms with Crippen LogP contribution < -0.4 is 10.6 Å². The number of amides is 2. The molecule has 2 unspecified atom stereocenters. The van der Waals surface area contributed by atoms with Gasteiger partial charge in [-0.2, -0.15) is 0 Å². The van der Waals surface area contributed by atoms with Crippen molar-refractivity contribution in [3.63, 3.8) is 0 Å². The van der Waals surface area contributed by atoms with E-state index in [2.05, 4.69) is 34.9 Å². The Morgan fingerprint density at radius 1 is 1.03 bits per heavy atom. The number of hydrogen-bond donors (Lipinski definition) is 3. The highest BCUT2D eigenvalue weighted by atomic mass is 16.5. The Kier molecular flexibility index (Phi) is 9.04. The normalized spacial score (nSPS) is 13.9. The fourth-order valence-electron chi connectivity index (χ4n) is 4.20. The monoisotopic (exact) mass is 468 g/mol. The molecule has 3 N–H and O–H groups in total. The maximum Gasteiger partial charge on any atom is 0.407 e. The van der Waals surface area contributed by atoms with Gasteiger partial charge < -0.3 is 25.2 Å². The Bertz CT molecular complexity index is 963. The molecule has 0 saturated carbocycles. The van der Waals surface area contributed by atoms with Crippen molar-refractivity contribution in [1.29, 1.82) is 0 Å². The highest BCUT2D eigenvalue weighted by Gasteiger charge is 2.29. The van der Waals surface area contributed by atoms with E-state index >= 15 is 0 Å². The molecule has 2 aromatic carbocycles. The minimum atomic E-state index is -0.978. The Morgan fingerprint density at radius 3 is 2.24 bits per heavy atom. The topological polar surface area (TPSA) is 114 Å². The van der Waals surface area contributed by atoms with E-state index in [1.807, 2.05) is 31.2 Å². The number of fused-ring (bicyclic) bond motifs is 3. The van der Waals surface area contributed by atoms with Crippen molar-refractivity contribution in [2.75, 3.05) is 19.8 Å². The predicted molar refractivity (Wildman–Crippen MR) is 128 cm³/mol. The average molecular weight is 469 g/mol. The number of benzene rings is 2. The van der Waals surface area contributed by atoms with Gasteiger partial charge in [0.25, 0.3) is 0 Å². The van der Waals surface area contributed by atoms with Crippen LogP contribution in [0.25, 0.3) is 11.1 Å². The summed E-state index contributed by atoms with van der Waals surface area (Å²) in [6, 6.07) is 16.0. The van der Waals surface area contributed by atoms with Crippen molar-refractivity contribution >= 4 is 18.0 Å². The van der Waals surface area contributed by atoms with Crippen molar-refractivity contribution in [1.82, 2.24) is 10.6 Å². The summed E-state index contributed by atoms with van der Waals surface area (Å²) in [6.07, 6.45) is -0.644. The van der Waals surface area contributed by atoms with Crippen LogP contribution in [0.1, 0.15) is 50.2 Å². The van der Waals surface area contributed by atoms with Gasteiger partial charge in [-0.3, -0.25) is 9.59 Å². The summed E-state index contributed by atoms with van der Waals surface area (Å²) in [6.45, 7) is 4.31. The predicted octanol–water partition coefficient (Wildman–Crippen LogP) is 3.69. The van der Waals surface area contributed by atoms with Gasteiger partial charge in [0, 0.05) is 31.5 Å². The molecule has 8 heteroatoms. The molecule has 34 heavy (non-hydrogen) atoms. The summed E-state index contributed by atoms with van der Waals surface area (Å²) in [5.41, 5.74) is 4.63. The van der Waals surface area contributed by atoms with E-state index in [0.29, 0.717) is 13.0 Å². The molecule has 1 aliphatic carbocycles. The molecule has 2 atom stereocenters. The summed E-state index contributed by atoms with van der Waals surface area (Å²) in [5, 5.41) is 14.4. The molecule has 0 saturated heterocycles. The molecule has 182 valence electrons. The van der Waals surface area contributed by atoms with Crippen LogP contribution in [0.5, 0.6) is 0 Å². The zero-order valence-electron chi connectivity index (χ0n) is 19.6. The Morgan fingerprint density at radius 2 is 1.65 bits per heavy atom. The summed E-state index contributed by atoms with van der Waals surface area (Å²) in [7, 11) is 0. The SMILES string of the molecule is CCOC(CNC(=O)CCC(C)NC(=O)OCC1c2ccccc2-c2ccccc21)CC(=O)O. The number of ether oxygens (including phenoxy) is 2. The lowest BCUT2D eigenvalue weighted by Crippen LogP contribution is -2.37. The lowest BCUT2D eigenvalue weighted by Gasteiger charge is -2.18. The van der Waals surface area contributed by atoms with E-state index in [1.54, 1.807) is 6.92 Å². The summed E-state index contributed by atoms with van der Waals surface area (Å²) >= 11 is 0. The molecule has 1 aliphatic rings. The second-order valence-electron chi connectivity index (χ2n) is 8.39. The van der Waals surface area contributed by atoms with E-state index < -0.39 is 18.2 Å². The van der Waals surface area contributed by atoms with Crippen LogP contribution in [0.4, 0.5) is 4.79 Å². The number of carboxylic acid groups (broad SMARTS) is 1. The number of carbonyl (C=O) groups is 3. The van der Waals surface area contributed by atoms with Crippen LogP contribution in [-0.4, -0.2) is 55.0 Å². The zero-order valence-corrected chi connectivity index (χ0v) is 19.6. The molecule has 0 bridgehead atoms. The highest BCUT2D eigenvalue weighted by Crippen LogP contribution is 2.44.